The number of rotatable bonds is 3. The minimum atomic E-state index is 0.341. The van der Waals surface area contributed by atoms with E-state index < -0.39 is 0 Å². The molecule has 1 N–H and O–H groups in total. The molecule has 10 heavy (non-hydrogen) atoms. The highest BCUT2D eigenvalue weighted by atomic mass is 16.3. The predicted octanol–water partition coefficient (Wildman–Crippen LogP) is 2.20. The Morgan fingerprint density at radius 2 is 2.00 bits per heavy atom. The first kappa shape index (κ1) is 8.06. The number of hydrogen-bond acceptors (Lipinski definition) is 1. The maximum Gasteiger partial charge on any atom is 0.0487 e. The second kappa shape index (κ2) is 2.91. The van der Waals surface area contributed by atoms with Gasteiger partial charge in [-0.25, -0.2) is 0 Å². The maximum absolute atomic E-state index is 9.09. The molecule has 0 bridgehead atoms. The number of aliphatic hydroxyl groups is 1. The van der Waals surface area contributed by atoms with Gasteiger partial charge in [0.1, 0.15) is 0 Å². The monoisotopic (exact) mass is 142 g/mol. The molecule has 0 heterocycles. The molecule has 0 aromatic rings. The maximum atomic E-state index is 9.09. The van der Waals surface area contributed by atoms with Crippen LogP contribution < -0.4 is 0 Å². The van der Waals surface area contributed by atoms with Crippen molar-refractivity contribution in [1.29, 1.82) is 0 Å². The lowest BCUT2D eigenvalue weighted by atomic mass is 9.65. The summed E-state index contributed by atoms with van der Waals surface area (Å²) < 4.78 is 0. The second-order valence-electron chi connectivity index (χ2n) is 4.11. The average molecular weight is 142 g/mol. The lowest BCUT2D eigenvalue weighted by Crippen LogP contribution is -2.34. The minimum absolute atomic E-state index is 0.341. The van der Waals surface area contributed by atoms with Crippen LogP contribution in [-0.2, 0) is 0 Å². The van der Waals surface area contributed by atoms with Gasteiger partial charge in [-0.15, -0.1) is 0 Å². The Morgan fingerprint density at radius 1 is 1.40 bits per heavy atom. The zero-order chi connectivity index (χ0) is 7.61. The van der Waals surface area contributed by atoms with E-state index in [0.717, 1.165) is 5.92 Å². The lowest BCUT2D eigenvalue weighted by molar-refractivity contribution is 0.0245. The van der Waals surface area contributed by atoms with Gasteiger partial charge in [-0.2, -0.15) is 0 Å². The van der Waals surface area contributed by atoms with Crippen LogP contribution in [0.2, 0.25) is 0 Å². The molecule has 0 radical (unpaired) electrons. The van der Waals surface area contributed by atoms with Gasteiger partial charge in [-0.1, -0.05) is 20.3 Å². The summed E-state index contributed by atoms with van der Waals surface area (Å²) in [4.78, 5) is 0. The van der Waals surface area contributed by atoms with E-state index in [1.807, 2.05) is 0 Å². The standard InChI is InChI=1S/C9H18O/c1-8(2)6-9(7-10)4-3-5-9/h8,10H,3-7H2,1-2H3. The van der Waals surface area contributed by atoms with Gasteiger partial charge in [0.15, 0.2) is 0 Å². The van der Waals surface area contributed by atoms with Crippen molar-refractivity contribution in [2.45, 2.75) is 39.5 Å². The third-order valence-corrected chi connectivity index (χ3v) is 2.59. The van der Waals surface area contributed by atoms with Crippen molar-refractivity contribution in [2.75, 3.05) is 6.61 Å². The molecule has 1 saturated carbocycles. The second-order valence-corrected chi connectivity index (χ2v) is 4.11. The summed E-state index contributed by atoms with van der Waals surface area (Å²) in [5, 5.41) is 9.09. The van der Waals surface area contributed by atoms with Crippen molar-refractivity contribution in [1.82, 2.24) is 0 Å². The molecule has 1 aliphatic carbocycles. The summed E-state index contributed by atoms with van der Waals surface area (Å²) in [5.41, 5.74) is 0.341. The van der Waals surface area contributed by atoms with Crippen molar-refractivity contribution in [3.63, 3.8) is 0 Å². The van der Waals surface area contributed by atoms with E-state index in [4.69, 9.17) is 5.11 Å². The van der Waals surface area contributed by atoms with Crippen molar-refractivity contribution in [3.05, 3.63) is 0 Å². The van der Waals surface area contributed by atoms with Gasteiger partial charge in [0.25, 0.3) is 0 Å². The van der Waals surface area contributed by atoms with Crippen LogP contribution in [-0.4, -0.2) is 11.7 Å². The van der Waals surface area contributed by atoms with Gasteiger partial charge in [-0.05, 0) is 30.6 Å². The molecular formula is C9H18O. The Hall–Kier alpha value is -0.0400. The molecule has 1 aliphatic rings. The Kier molecular flexibility index (Phi) is 2.35. The largest absolute Gasteiger partial charge is 0.396 e. The zero-order valence-corrected chi connectivity index (χ0v) is 7.06. The Labute approximate surface area is 63.4 Å². The summed E-state index contributed by atoms with van der Waals surface area (Å²) in [6.07, 6.45) is 5.04. The molecule has 1 fully saturated rings. The highest BCUT2D eigenvalue weighted by molar-refractivity contribution is 4.87. The fraction of sp³-hybridized carbons (Fsp3) is 1.00. The highest BCUT2D eigenvalue weighted by Gasteiger charge is 2.36. The van der Waals surface area contributed by atoms with Gasteiger partial charge < -0.3 is 5.11 Å². The summed E-state index contributed by atoms with van der Waals surface area (Å²) in [5.74, 6) is 0.743. The van der Waals surface area contributed by atoms with Gasteiger partial charge in [-0.3, -0.25) is 0 Å². The SMILES string of the molecule is CC(C)CC1(CO)CCC1. The van der Waals surface area contributed by atoms with E-state index in [-0.39, 0.29) is 0 Å². The molecule has 60 valence electrons. The summed E-state index contributed by atoms with van der Waals surface area (Å²) in [6, 6.07) is 0. The van der Waals surface area contributed by atoms with Crippen LogP contribution in [0.25, 0.3) is 0 Å². The van der Waals surface area contributed by atoms with Gasteiger partial charge >= 0.3 is 0 Å². The molecule has 0 aromatic heterocycles. The van der Waals surface area contributed by atoms with Crippen LogP contribution in [0.5, 0.6) is 0 Å². The molecule has 0 unspecified atom stereocenters. The van der Waals surface area contributed by atoms with E-state index in [0.29, 0.717) is 12.0 Å². The van der Waals surface area contributed by atoms with E-state index >= 15 is 0 Å². The summed E-state index contributed by atoms with van der Waals surface area (Å²) >= 11 is 0. The molecule has 1 rings (SSSR count). The van der Waals surface area contributed by atoms with Crippen LogP contribution in [0, 0.1) is 11.3 Å². The van der Waals surface area contributed by atoms with Gasteiger partial charge in [0.05, 0.1) is 0 Å². The van der Waals surface area contributed by atoms with E-state index in [9.17, 15) is 0 Å². The first-order valence-corrected chi connectivity index (χ1v) is 4.29. The van der Waals surface area contributed by atoms with E-state index in [1.54, 1.807) is 0 Å². The molecule has 0 atom stereocenters. The fourth-order valence-corrected chi connectivity index (χ4v) is 1.97. The first-order chi connectivity index (χ1) is 4.68. The molecule has 1 heteroatoms. The van der Waals surface area contributed by atoms with Crippen LogP contribution in [0.3, 0.4) is 0 Å². The van der Waals surface area contributed by atoms with Crippen LogP contribution in [0.15, 0.2) is 0 Å². The fourth-order valence-electron chi connectivity index (χ4n) is 1.97. The van der Waals surface area contributed by atoms with Gasteiger partial charge in [0.2, 0.25) is 0 Å². The zero-order valence-electron chi connectivity index (χ0n) is 7.06. The predicted molar refractivity (Wildman–Crippen MR) is 42.8 cm³/mol. The highest BCUT2D eigenvalue weighted by Crippen LogP contribution is 2.45. The number of hydrogen-bond donors (Lipinski definition) is 1. The van der Waals surface area contributed by atoms with Crippen molar-refractivity contribution in [3.8, 4) is 0 Å². The van der Waals surface area contributed by atoms with E-state index in [2.05, 4.69) is 13.8 Å². The third-order valence-electron chi connectivity index (χ3n) is 2.59. The normalized spacial score (nSPS) is 22.8. The molecule has 1 nitrogen and oxygen atoms in total. The first-order valence-electron chi connectivity index (χ1n) is 4.29. The average Bonchev–Trinajstić information content (AvgIpc) is 1.78. The van der Waals surface area contributed by atoms with E-state index in [1.165, 1.54) is 25.7 Å². The Balaban J connectivity index is 2.33. The van der Waals surface area contributed by atoms with Crippen LogP contribution in [0.1, 0.15) is 39.5 Å². The smallest absolute Gasteiger partial charge is 0.0487 e. The molecular weight excluding hydrogens is 124 g/mol. The Morgan fingerprint density at radius 3 is 2.10 bits per heavy atom. The van der Waals surface area contributed by atoms with Crippen molar-refractivity contribution >= 4 is 0 Å². The Bertz CT molecular complexity index is 97.8. The molecule has 0 spiro atoms. The topological polar surface area (TPSA) is 20.2 Å². The van der Waals surface area contributed by atoms with Gasteiger partial charge in [0, 0.05) is 6.61 Å². The molecule has 0 aromatic carbocycles. The summed E-state index contributed by atoms with van der Waals surface area (Å²) in [7, 11) is 0. The van der Waals surface area contributed by atoms with Crippen LogP contribution >= 0.6 is 0 Å². The summed E-state index contributed by atoms with van der Waals surface area (Å²) in [6.45, 7) is 4.87. The lowest BCUT2D eigenvalue weighted by Gasteiger charge is -2.41. The quantitative estimate of drug-likeness (QED) is 0.640. The molecule has 0 aliphatic heterocycles. The van der Waals surface area contributed by atoms with Crippen molar-refractivity contribution in [2.24, 2.45) is 11.3 Å². The van der Waals surface area contributed by atoms with Crippen LogP contribution in [0.4, 0.5) is 0 Å². The minimum Gasteiger partial charge on any atom is -0.396 e. The molecule has 0 saturated heterocycles. The van der Waals surface area contributed by atoms with Crippen molar-refractivity contribution < 1.29 is 5.11 Å². The number of aliphatic hydroxyl groups excluding tert-OH is 1. The third kappa shape index (κ3) is 1.51. The molecule has 0 amide bonds.